The monoisotopic (exact) mass is 346 g/mol. The van der Waals surface area contributed by atoms with E-state index in [9.17, 15) is 18.4 Å². The van der Waals surface area contributed by atoms with Crippen molar-refractivity contribution in [2.45, 2.75) is 0 Å². The predicted molar refractivity (Wildman–Crippen MR) is 87.5 cm³/mol. The standard InChI is InChI=1S/C18H16F2N2O3/c19-15-5-4-14(11-16(15)20)21-17(23)12-2-1-3-13(10-12)18(24)22-6-8-25-9-7-22/h1-5,10-11H,6-9H2,(H,21,23). The molecule has 1 aliphatic rings. The fourth-order valence-electron chi connectivity index (χ4n) is 2.52. The van der Waals surface area contributed by atoms with Gasteiger partial charge in [-0.2, -0.15) is 0 Å². The summed E-state index contributed by atoms with van der Waals surface area (Å²) in [6.45, 7) is 1.98. The lowest BCUT2D eigenvalue weighted by Gasteiger charge is -2.27. The van der Waals surface area contributed by atoms with Crippen LogP contribution in [0.3, 0.4) is 0 Å². The number of hydrogen-bond acceptors (Lipinski definition) is 3. The van der Waals surface area contributed by atoms with Gasteiger partial charge in [0.05, 0.1) is 13.2 Å². The largest absolute Gasteiger partial charge is 0.378 e. The molecule has 2 aromatic rings. The molecule has 0 saturated carbocycles. The van der Waals surface area contributed by atoms with Gasteiger partial charge in [0.1, 0.15) is 0 Å². The number of nitrogens with one attached hydrogen (secondary N) is 1. The van der Waals surface area contributed by atoms with Gasteiger partial charge in [0.15, 0.2) is 11.6 Å². The maximum absolute atomic E-state index is 13.2. The Balaban J connectivity index is 1.74. The third-order valence-corrected chi connectivity index (χ3v) is 3.85. The van der Waals surface area contributed by atoms with E-state index in [2.05, 4.69) is 5.32 Å². The van der Waals surface area contributed by atoms with Crippen molar-refractivity contribution >= 4 is 17.5 Å². The lowest BCUT2D eigenvalue weighted by Crippen LogP contribution is -2.40. The highest BCUT2D eigenvalue weighted by Crippen LogP contribution is 2.16. The topological polar surface area (TPSA) is 58.6 Å². The molecule has 1 saturated heterocycles. The highest BCUT2D eigenvalue weighted by molar-refractivity contribution is 6.06. The molecule has 5 nitrogen and oxygen atoms in total. The minimum Gasteiger partial charge on any atom is -0.378 e. The highest BCUT2D eigenvalue weighted by Gasteiger charge is 2.19. The second-order valence-corrected chi connectivity index (χ2v) is 5.57. The molecular weight excluding hydrogens is 330 g/mol. The first kappa shape index (κ1) is 17.0. The molecule has 0 aliphatic carbocycles. The van der Waals surface area contributed by atoms with E-state index in [4.69, 9.17) is 4.74 Å². The van der Waals surface area contributed by atoms with Crippen molar-refractivity contribution in [3.63, 3.8) is 0 Å². The summed E-state index contributed by atoms with van der Waals surface area (Å²) in [6.07, 6.45) is 0. The molecule has 0 radical (unpaired) electrons. The van der Waals surface area contributed by atoms with Crippen LogP contribution in [0.1, 0.15) is 20.7 Å². The maximum atomic E-state index is 13.2. The number of carbonyl (C=O) groups is 2. The molecule has 3 rings (SSSR count). The summed E-state index contributed by atoms with van der Waals surface area (Å²) >= 11 is 0. The Morgan fingerprint density at radius 3 is 2.40 bits per heavy atom. The fourth-order valence-corrected chi connectivity index (χ4v) is 2.52. The average Bonchev–Trinajstić information content (AvgIpc) is 2.65. The van der Waals surface area contributed by atoms with Crippen molar-refractivity contribution in [3.05, 3.63) is 65.2 Å². The van der Waals surface area contributed by atoms with Crippen molar-refractivity contribution in [2.24, 2.45) is 0 Å². The van der Waals surface area contributed by atoms with E-state index in [0.717, 1.165) is 12.1 Å². The molecule has 2 amide bonds. The third kappa shape index (κ3) is 4.00. The Morgan fingerprint density at radius 1 is 0.960 bits per heavy atom. The third-order valence-electron chi connectivity index (χ3n) is 3.85. The summed E-state index contributed by atoms with van der Waals surface area (Å²) < 4.78 is 31.4. The molecule has 130 valence electrons. The first-order valence-electron chi connectivity index (χ1n) is 7.78. The first-order chi connectivity index (χ1) is 12.0. The summed E-state index contributed by atoms with van der Waals surface area (Å²) in [5, 5.41) is 2.48. The van der Waals surface area contributed by atoms with Crippen LogP contribution in [0.5, 0.6) is 0 Å². The van der Waals surface area contributed by atoms with Gasteiger partial charge in [0, 0.05) is 36.0 Å². The molecule has 1 heterocycles. The Kier molecular flexibility index (Phi) is 5.04. The van der Waals surface area contributed by atoms with Crippen molar-refractivity contribution in [1.82, 2.24) is 4.90 Å². The van der Waals surface area contributed by atoms with Gasteiger partial charge in [-0.1, -0.05) is 6.07 Å². The zero-order valence-corrected chi connectivity index (χ0v) is 13.3. The van der Waals surface area contributed by atoms with Crippen LogP contribution in [-0.2, 0) is 4.74 Å². The smallest absolute Gasteiger partial charge is 0.255 e. The van der Waals surface area contributed by atoms with Gasteiger partial charge in [-0.15, -0.1) is 0 Å². The van der Waals surface area contributed by atoms with Crippen LogP contribution in [0.15, 0.2) is 42.5 Å². The molecule has 0 spiro atoms. The van der Waals surface area contributed by atoms with Crippen molar-refractivity contribution in [2.75, 3.05) is 31.6 Å². The SMILES string of the molecule is O=C(Nc1ccc(F)c(F)c1)c1cccc(C(=O)N2CCOCC2)c1. The van der Waals surface area contributed by atoms with Crippen molar-refractivity contribution < 1.29 is 23.1 Å². The molecule has 1 N–H and O–H groups in total. The number of ether oxygens (including phenoxy) is 1. The first-order valence-corrected chi connectivity index (χ1v) is 7.78. The lowest BCUT2D eigenvalue weighted by atomic mass is 10.1. The quantitative estimate of drug-likeness (QED) is 0.930. The van der Waals surface area contributed by atoms with Gasteiger partial charge in [0.2, 0.25) is 0 Å². The number of carbonyl (C=O) groups excluding carboxylic acids is 2. The van der Waals surface area contributed by atoms with Crippen LogP contribution >= 0.6 is 0 Å². The molecule has 0 unspecified atom stereocenters. The number of morpholine rings is 1. The molecule has 2 aromatic carbocycles. The Labute approximate surface area is 143 Å². The maximum Gasteiger partial charge on any atom is 0.255 e. The van der Waals surface area contributed by atoms with Gasteiger partial charge in [-0.05, 0) is 30.3 Å². The summed E-state index contributed by atoms with van der Waals surface area (Å²) in [5.74, 6) is -2.72. The summed E-state index contributed by atoms with van der Waals surface area (Å²) in [5.41, 5.74) is 0.775. The lowest BCUT2D eigenvalue weighted by molar-refractivity contribution is 0.0303. The second kappa shape index (κ2) is 7.40. The second-order valence-electron chi connectivity index (χ2n) is 5.57. The molecule has 1 aliphatic heterocycles. The zero-order chi connectivity index (χ0) is 17.8. The number of nitrogens with zero attached hydrogens (tertiary/aromatic N) is 1. The van der Waals surface area contributed by atoms with E-state index in [1.807, 2.05) is 0 Å². The van der Waals surface area contributed by atoms with E-state index in [1.165, 1.54) is 12.1 Å². The van der Waals surface area contributed by atoms with Gasteiger partial charge in [0.25, 0.3) is 11.8 Å². The molecule has 0 bridgehead atoms. The summed E-state index contributed by atoms with van der Waals surface area (Å²) in [7, 11) is 0. The Morgan fingerprint density at radius 2 is 1.68 bits per heavy atom. The van der Waals surface area contributed by atoms with Crippen LogP contribution in [-0.4, -0.2) is 43.0 Å². The summed E-state index contributed by atoms with van der Waals surface area (Å²) in [4.78, 5) is 26.4. The molecule has 0 aromatic heterocycles. The van der Waals surface area contributed by atoms with Gasteiger partial charge < -0.3 is 15.0 Å². The van der Waals surface area contributed by atoms with E-state index < -0.39 is 17.5 Å². The number of amides is 2. The predicted octanol–water partition coefficient (Wildman–Crippen LogP) is 2.69. The Bertz CT molecular complexity index is 805. The van der Waals surface area contributed by atoms with Crippen molar-refractivity contribution in [1.29, 1.82) is 0 Å². The van der Waals surface area contributed by atoms with Crippen molar-refractivity contribution in [3.8, 4) is 0 Å². The number of rotatable bonds is 3. The average molecular weight is 346 g/mol. The minimum absolute atomic E-state index is 0.133. The summed E-state index contributed by atoms with van der Waals surface area (Å²) in [6, 6.07) is 9.36. The number of anilines is 1. The van der Waals surface area contributed by atoms with E-state index in [0.29, 0.717) is 31.9 Å². The van der Waals surface area contributed by atoms with Crippen LogP contribution in [0.4, 0.5) is 14.5 Å². The molecular formula is C18H16F2N2O3. The van der Waals surface area contributed by atoms with Crippen LogP contribution in [0, 0.1) is 11.6 Å². The number of hydrogen-bond donors (Lipinski definition) is 1. The van der Waals surface area contributed by atoms with E-state index in [-0.39, 0.29) is 17.2 Å². The molecule has 0 atom stereocenters. The van der Waals surface area contributed by atoms with Gasteiger partial charge in [-0.3, -0.25) is 9.59 Å². The minimum atomic E-state index is -1.05. The van der Waals surface area contributed by atoms with Gasteiger partial charge in [-0.25, -0.2) is 8.78 Å². The molecule has 1 fully saturated rings. The molecule has 7 heteroatoms. The van der Waals surface area contributed by atoms with E-state index in [1.54, 1.807) is 23.1 Å². The number of halogens is 2. The molecule has 25 heavy (non-hydrogen) atoms. The number of benzene rings is 2. The van der Waals surface area contributed by atoms with Gasteiger partial charge >= 0.3 is 0 Å². The van der Waals surface area contributed by atoms with Crippen LogP contribution < -0.4 is 5.32 Å². The van der Waals surface area contributed by atoms with Crippen LogP contribution in [0.25, 0.3) is 0 Å². The normalized spacial score (nSPS) is 14.2. The zero-order valence-electron chi connectivity index (χ0n) is 13.3. The van der Waals surface area contributed by atoms with Crippen LogP contribution in [0.2, 0.25) is 0 Å². The highest BCUT2D eigenvalue weighted by atomic mass is 19.2. The Hall–Kier alpha value is -2.80. The van der Waals surface area contributed by atoms with E-state index >= 15 is 0 Å². The fraction of sp³-hybridized carbons (Fsp3) is 0.222.